The molecule has 2 N–H and O–H groups in total. The van der Waals surface area contributed by atoms with Gasteiger partial charge >= 0.3 is 0 Å². The molecule has 0 spiro atoms. The number of nitrogens with two attached hydrogens (primary N) is 1. The molecule has 4 nitrogen and oxygen atoms in total. The highest BCUT2D eigenvalue weighted by Gasteiger charge is 2.32. The largest absolute Gasteiger partial charge is 0.398 e. The molecule has 1 fully saturated rings. The Hall–Kier alpha value is -0.490. The van der Waals surface area contributed by atoms with Crippen LogP contribution in [0, 0.1) is 5.92 Å². The molecule has 0 radical (unpaired) electrons. The smallest absolute Gasteiger partial charge is 0.246 e. The third kappa shape index (κ3) is 2.99. The third-order valence-corrected chi connectivity index (χ3v) is 5.87. The second-order valence-corrected chi connectivity index (χ2v) is 7.63. The van der Waals surface area contributed by atoms with E-state index >= 15 is 0 Å². The van der Waals surface area contributed by atoms with Gasteiger partial charge in [-0.1, -0.05) is 30.1 Å². The van der Waals surface area contributed by atoms with Crippen LogP contribution in [0.4, 0.5) is 5.69 Å². The molecule has 1 aromatic rings. The lowest BCUT2D eigenvalue weighted by Crippen LogP contribution is -2.39. The van der Waals surface area contributed by atoms with E-state index in [1.165, 1.54) is 16.4 Å². The van der Waals surface area contributed by atoms with E-state index in [1.807, 2.05) is 6.92 Å². The molecule has 7 heteroatoms. The number of piperidine rings is 1. The predicted molar refractivity (Wildman–Crippen MR) is 78.0 cm³/mol. The summed E-state index contributed by atoms with van der Waals surface area (Å²) in [5, 5.41) is 0.400. The van der Waals surface area contributed by atoms with Crippen molar-refractivity contribution < 1.29 is 8.42 Å². The Kier molecular flexibility index (Phi) is 4.30. The first-order chi connectivity index (χ1) is 8.82. The van der Waals surface area contributed by atoms with Gasteiger partial charge in [0.25, 0.3) is 0 Å². The van der Waals surface area contributed by atoms with Crippen molar-refractivity contribution in [1.82, 2.24) is 4.31 Å². The average molecular weight is 323 g/mol. The fourth-order valence-electron chi connectivity index (χ4n) is 2.35. The van der Waals surface area contributed by atoms with Gasteiger partial charge in [-0.25, -0.2) is 8.42 Å². The topological polar surface area (TPSA) is 63.4 Å². The van der Waals surface area contributed by atoms with Crippen molar-refractivity contribution in [1.29, 1.82) is 0 Å². The van der Waals surface area contributed by atoms with Crippen LogP contribution < -0.4 is 5.73 Å². The first-order valence-corrected chi connectivity index (χ1v) is 8.26. The summed E-state index contributed by atoms with van der Waals surface area (Å²) in [5.74, 6) is 0.343. The van der Waals surface area contributed by atoms with E-state index in [-0.39, 0.29) is 15.6 Å². The predicted octanol–water partition coefficient (Wildman–Crippen LogP) is 3.00. The third-order valence-electron chi connectivity index (χ3n) is 3.25. The minimum atomic E-state index is -3.66. The van der Waals surface area contributed by atoms with E-state index in [0.29, 0.717) is 24.0 Å². The minimum absolute atomic E-state index is 0.0346. The van der Waals surface area contributed by atoms with Gasteiger partial charge in [0.1, 0.15) is 4.90 Å². The van der Waals surface area contributed by atoms with Crippen molar-refractivity contribution in [2.45, 2.75) is 24.7 Å². The highest BCUT2D eigenvalue weighted by molar-refractivity contribution is 7.89. The van der Waals surface area contributed by atoms with E-state index in [9.17, 15) is 8.42 Å². The lowest BCUT2D eigenvalue weighted by atomic mass is 10.0. The molecule has 1 aliphatic heterocycles. The van der Waals surface area contributed by atoms with Crippen LogP contribution in [0.5, 0.6) is 0 Å². The molecule has 0 aromatic heterocycles. The zero-order valence-corrected chi connectivity index (χ0v) is 12.9. The zero-order valence-electron chi connectivity index (χ0n) is 10.6. The number of sulfonamides is 1. The molecule has 1 heterocycles. The molecule has 1 saturated heterocycles. The van der Waals surface area contributed by atoms with Crippen molar-refractivity contribution in [3.63, 3.8) is 0 Å². The second kappa shape index (κ2) is 5.48. The Morgan fingerprint density at radius 3 is 2.63 bits per heavy atom. The van der Waals surface area contributed by atoms with Gasteiger partial charge in [-0.3, -0.25) is 0 Å². The van der Waals surface area contributed by atoms with E-state index in [4.69, 9.17) is 28.9 Å². The van der Waals surface area contributed by atoms with Gasteiger partial charge in [0, 0.05) is 18.1 Å². The van der Waals surface area contributed by atoms with Gasteiger partial charge in [0.05, 0.1) is 10.7 Å². The summed E-state index contributed by atoms with van der Waals surface area (Å²) in [6.07, 6.45) is 1.89. The fourth-order valence-corrected chi connectivity index (χ4v) is 4.89. The quantitative estimate of drug-likeness (QED) is 0.851. The van der Waals surface area contributed by atoms with Gasteiger partial charge in [-0.2, -0.15) is 4.31 Å². The van der Waals surface area contributed by atoms with E-state index in [2.05, 4.69) is 0 Å². The van der Waals surface area contributed by atoms with Gasteiger partial charge in [0.2, 0.25) is 10.0 Å². The van der Waals surface area contributed by atoms with Crippen LogP contribution in [0.3, 0.4) is 0 Å². The zero-order chi connectivity index (χ0) is 14.2. The van der Waals surface area contributed by atoms with Gasteiger partial charge in [-0.15, -0.1) is 0 Å². The van der Waals surface area contributed by atoms with Crippen molar-refractivity contribution in [3.8, 4) is 0 Å². The molecule has 0 aliphatic carbocycles. The van der Waals surface area contributed by atoms with E-state index in [1.54, 1.807) is 0 Å². The number of halogens is 2. The fraction of sp³-hybridized carbons (Fsp3) is 0.500. The Morgan fingerprint density at radius 1 is 1.37 bits per heavy atom. The van der Waals surface area contributed by atoms with Gasteiger partial charge in [-0.05, 0) is 30.9 Å². The molecule has 0 bridgehead atoms. The van der Waals surface area contributed by atoms with Gasteiger partial charge in [0.15, 0.2) is 0 Å². The normalized spacial score (nSPS) is 21.5. The average Bonchev–Trinajstić information content (AvgIpc) is 2.26. The number of rotatable bonds is 2. The maximum atomic E-state index is 12.6. The van der Waals surface area contributed by atoms with Crippen LogP contribution in [0.2, 0.25) is 10.0 Å². The lowest BCUT2D eigenvalue weighted by Gasteiger charge is -2.30. The van der Waals surface area contributed by atoms with Crippen molar-refractivity contribution in [3.05, 3.63) is 22.2 Å². The van der Waals surface area contributed by atoms with Crippen LogP contribution in [-0.2, 0) is 10.0 Å². The van der Waals surface area contributed by atoms with Crippen molar-refractivity contribution in [2.75, 3.05) is 18.8 Å². The summed E-state index contributed by atoms with van der Waals surface area (Å²) in [7, 11) is -3.66. The summed E-state index contributed by atoms with van der Waals surface area (Å²) in [5.41, 5.74) is 5.87. The van der Waals surface area contributed by atoms with Crippen LogP contribution in [-0.4, -0.2) is 25.8 Å². The Bertz CT molecular complexity index is 566. The lowest BCUT2D eigenvalue weighted by molar-refractivity contribution is 0.281. The molecule has 1 aromatic carbocycles. The number of nitrogen functional groups attached to an aromatic ring is 1. The maximum Gasteiger partial charge on any atom is 0.246 e. The second-order valence-electron chi connectivity index (χ2n) is 4.92. The van der Waals surface area contributed by atoms with Crippen LogP contribution in [0.1, 0.15) is 19.8 Å². The number of hydrogen-bond donors (Lipinski definition) is 1. The summed E-state index contributed by atoms with van der Waals surface area (Å²) in [6, 6.07) is 2.81. The monoisotopic (exact) mass is 322 g/mol. The van der Waals surface area contributed by atoms with Crippen LogP contribution >= 0.6 is 23.2 Å². The van der Waals surface area contributed by atoms with Crippen LogP contribution in [0.25, 0.3) is 0 Å². The Morgan fingerprint density at radius 2 is 2.05 bits per heavy atom. The van der Waals surface area contributed by atoms with E-state index in [0.717, 1.165) is 12.8 Å². The van der Waals surface area contributed by atoms with E-state index < -0.39 is 10.0 Å². The SMILES string of the molecule is CC1CCCN(S(=O)(=O)c2c(N)cc(Cl)cc2Cl)C1. The number of hydrogen-bond acceptors (Lipinski definition) is 3. The first kappa shape index (κ1) is 14.9. The highest BCUT2D eigenvalue weighted by Crippen LogP contribution is 2.34. The molecular weight excluding hydrogens is 307 g/mol. The minimum Gasteiger partial charge on any atom is -0.398 e. The molecule has 106 valence electrons. The van der Waals surface area contributed by atoms with Crippen LogP contribution in [0.15, 0.2) is 17.0 Å². The molecule has 1 aliphatic rings. The molecular formula is C12H16Cl2N2O2S. The summed E-state index contributed by atoms with van der Waals surface area (Å²) in [4.78, 5) is -0.0346. The highest BCUT2D eigenvalue weighted by atomic mass is 35.5. The van der Waals surface area contributed by atoms with Gasteiger partial charge < -0.3 is 5.73 Å². The summed E-state index contributed by atoms with van der Waals surface area (Å²) >= 11 is 11.8. The standard InChI is InChI=1S/C12H16Cl2N2O2S/c1-8-3-2-4-16(7-8)19(17,18)12-10(14)5-9(13)6-11(12)15/h5-6,8H,2-4,7,15H2,1H3. The number of benzene rings is 1. The van der Waals surface area contributed by atoms with Crippen molar-refractivity contribution in [2.24, 2.45) is 5.92 Å². The maximum absolute atomic E-state index is 12.6. The first-order valence-electron chi connectivity index (χ1n) is 6.07. The molecule has 1 unspecified atom stereocenters. The number of nitrogens with zero attached hydrogens (tertiary/aromatic N) is 1. The molecule has 2 rings (SSSR count). The molecule has 1 atom stereocenters. The molecule has 0 saturated carbocycles. The summed E-state index contributed by atoms with van der Waals surface area (Å²) in [6.45, 7) is 3.04. The molecule has 19 heavy (non-hydrogen) atoms. The summed E-state index contributed by atoms with van der Waals surface area (Å²) < 4.78 is 26.7. The Balaban J connectivity index is 2.45. The molecule has 0 amide bonds. The van der Waals surface area contributed by atoms with Crippen molar-refractivity contribution >= 4 is 38.9 Å². The Labute approximate surface area is 123 Å². The number of anilines is 1.